The van der Waals surface area contributed by atoms with Gasteiger partial charge in [-0.05, 0) is 151 Å². The second-order valence-corrected chi connectivity index (χ2v) is 17.0. The number of rotatable bonds is 7. The first kappa shape index (κ1) is 36.4. The molecule has 2 aliphatic rings. The van der Waals surface area contributed by atoms with Crippen molar-refractivity contribution in [2.24, 2.45) is 0 Å². The fraction of sp³-hybridized carbons (Fsp3) is 0.0820. The summed E-state index contributed by atoms with van der Waals surface area (Å²) in [6.07, 6.45) is 4.68. The number of nitrogens with zero attached hydrogens (tertiary/aromatic N) is 1. The molecule has 0 bridgehead atoms. The van der Waals surface area contributed by atoms with Crippen LogP contribution in [0.1, 0.15) is 46.2 Å². The zero-order valence-electron chi connectivity index (χ0n) is 34.6. The summed E-state index contributed by atoms with van der Waals surface area (Å²) in [5, 5.41) is 5.10. The van der Waals surface area contributed by atoms with Crippen molar-refractivity contribution in [1.29, 1.82) is 0 Å². The third-order valence-corrected chi connectivity index (χ3v) is 13.7. The van der Waals surface area contributed by atoms with Gasteiger partial charge in [0.1, 0.15) is 0 Å². The molecule has 12 rings (SSSR count). The largest absolute Gasteiger partial charge is 0.310 e. The Labute approximate surface area is 364 Å². The van der Waals surface area contributed by atoms with Crippen molar-refractivity contribution in [2.45, 2.75) is 31.1 Å². The Hall–Kier alpha value is -7.48. The highest BCUT2D eigenvalue weighted by atomic mass is 15.1. The lowest BCUT2D eigenvalue weighted by Crippen LogP contribution is -2.28. The molecule has 62 heavy (non-hydrogen) atoms. The number of benzene rings is 10. The Kier molecular flexibility index (Phi) is 8.75. The van der Waals surface area contributed by atoms with Gasteiger partial charge in [0.15, 0.2) is 0 Å². The minimum atomic E-state index is -0.527. The van der Waals surface area contributed by atoms with Crippen LogP contribution in [0.2, 0.25) is 0 Å². The molecule has 10 aromatic rings. The van der Waals surface area contributed by atoms with Crippen molar-refractivity contribution in [3.05, 3.63) is 258 Å². The highest BCUT2D eigenvalue weighted by molar-refractivity contribution is 6.13. The van der Waals surface area contributed by atoms with Crippen molar-refractivity contribution in [3.8, 4) is 33.4 Å². The molecule has 0 spiro atoms. The third kappa shape index (κ3) is 5.69. The van der Waals surface area contributed by atoms with Crippen molar-refractivity contribution >= 4 is 38.6 Å². The summed E-state index contributed by atoms with van der Waals surface area (Å²) in [7, 11) is 0. The molecule has 0 saturated heterocycles. The predicted octanol–water partition coefficient (Wildman–Crippen LogP) is 16.0. The molecule has 0 radical (unpaired) electrons. The van der Waals surface area contributed by atoms with Gasteiger partial charge in [-0.3, -0.25) is 0 Å². The number of anilines is 3. The molecular weight excluding hydrogens is 747 g/mol. The molecule has 0 unspecified atom stereocenters. The number of aryl methyl sites for hydroxylation is 1. The monoisotopic (exact) mass is 791 g/mol. The molecule has 0 amide bonds. The van der Waals surface area contributed by atoms with Gasteiger partial charge in [0, 0.05) is 16.9 Å². The Morgan fingerprint density at radius 3 is 1.71 bits per heavy atom. The highest BCUT2D eigenvalue weighted by Gasteiger charge is 2.47. The van der Waals surface area contributed by atoms with Gasteiger partial charge in [-0.1, -0.05) is 182 Å². The first-order valence-corrected chi connectivity index (χ1v) is 22.1. The minimum Gasteiger partial charge on any atom is -0.310 e. The maximum atomic E-state index is 2.56. The molecule has 0 aliphatic heterocycles. The molecule has 0 saturated carbocycles. The normalized spacial score (nSPS) is 13.7. The molecule has 0 aromatic heterocycles. The van der Waals surface area contributed by atoms with E-state index in [9.17, 15) is 0 Å². The first-order valence-electron chi connectivity index (χ1n) is 22.1. The fourth-order valence-corrected chi connectivity index (χ4v) is 11.0. The van der Waals surface area contributed by atoms with Crippen LogP contribution in [-0.4, -0.2) is 0 Å². The quantitative estimate of drug-likeness (QED) is 0.145. The van der Waals surface area contributed by atoms with Crippen LogP contribution in [0.15, 0.2) is 224 Å². The molecule has 0 fully saturated rings. The van der Waals surface area contributed by atoms with Crippen LogP contribution < -0.4 is 4.90 Å². The smallest absolute Gasteiger partial charge is 0.0714 e. The second kappa shape index (κ2) is 14.9. The van der Waals surface area contributed by atoms with E-state index in [-0.39, 0.29) is 0 Å². The summed E-state index contributed by atoms with van der Waals surface area (Å²) in [6.45, 7) is 0. The number of hydrogen-bond acceptors (Lipinski definition) is 1. The maximum Gasteiger partial charge on any atom is 0.0714 e. The SMILES string of the molecule is c1ccc(N(c2ccc(-c3cc4ccccc4c4ccccc34)cc2)c2cc3c(cc2-c2cccc4c2CCCC4)-c2ccccc2C3(c2ccccc2)c2ccccc2)cc1. The van der Waals surface area contributed by atoms with E-state index in [1.54, 1.807) is 0 Å². The zero-order chi connectivity index (χ0) is 41.0. The number of para-hydroxylation sites is 1. The third-order valence-electron chi connectivity index (χ3n) is 13.7. The average molecular weight is 792 g/mol. The van der Waals surface area contributed by atoms with Crippen molar-refractivity contribution in [2.75, 3.05) is 4.90 Å². The summed E-state index contributed by atoms with van der Waals surface area (Å²) < 4.78 is 0. The van der Waals surface area contributed by atoms with Gasteiger partial charge in [-0.15, -0.1) is 0 Å². The molecule has 0 heterocycles. The van der Waals surface area contributed by atoms with Gasteiger partial charge >= 0.3 is 0 Å². The summed E-state index contributed by atoms with van der Waals surface area (Å²) in [5.41, 5.74) is 18.7. The van der Waals surface area contributed by atoms with Gasteiger partial charge in [0.2, 0.25) is 0 Å². The van der Waals surface area contributed by atoms with Crippen LogP contribution in [0.3, 0.4) is 0 Å². The van der Waals surface area contributed by atoms with E-state index in [1.807, 2.05) is 0 Å². The van der Waals surface area contributed by atoms with Crippen LogP contribution in [0.25, 0.3) is 54.9 Å². The molecule has 0 atom stereocenters. The van der Waals surface area contributed by atoms with E-state index >= 15 is 0 Å². The lowest BCUT2D eigenvalue weighted by Gasteiger charge is -2.36. The topological polar surface area (TPSA) is 3.24 Å². The van der Waals surface area contributed by atoms with E-state index in [0.29, 0.717) is 0 Å². The Morgan fingerprint density at radius 2 is 0.952 bits per heavy atom. The van der Waals surface area contributed by atoms with E-state index in [2.05, 4.69) is 229 Å². The van der Waals surface area contributed by atoms with Gasteiger partial charge in [0.05, 0.1) is 11.1 Å². The summed E-state index contributed by atoms with van der Waals surface area (Å²) in [4.78, 5) is 2.52. The molecule has 10 aromatic carbocycles. The van der Waals surface area contributed by atoms with Gasteiger partial charge < -0.3 is 4.90 Å². The number of hydrogen-bond donors (Lipinski definition) is 0. The Morgan fingerprint density at radius 1 is 0.355 bits per heavy atom. The number of fused-ring (bicyclic) bond motifs is 7. The van der Waals surface area contributed by atoms with Gasteiger partial charge in [0.25, 0.3) is 0 Å². The van der Waals surface area contributed by atoms with Crippen molar-refractivity contribution in [3.63, 3.8) is 0 Å². The molecule has 1 nitrogen and oxygen atoms in total. The summed E-state index contributed by atoms with van der Waals surface area (Å²) in [6, 6.07) is 83.9. The lowest BCUT2D eigenvalue weighted by atomic mass is 9.67. The fourth-order valence-electron chi connectivity index (χ4n) is 11.0. The van der Waals surface area contributed by atoms with Crippen LogP contribution >= 0.6 is 0 Å². The van der Waals surface area contributed by atoms with Gasteiger partial charge in [-0.25, -0.2) is 0 Å². The average Bonchev–Trinajstić information content (AvgIpc) is 3.64. The minimum absolute atomic E-state index is 0.527. The van der Waals surface area contributed by atoms with Crippen LogP contribution in [0.4, 0.5) is 17.1 Å². The van der Waals surface area contributed by atoms with Crippen LogP contribution in [-0.2, 0) is 18.3 Å². The zero-order valence-corrected chi connectivity index (χ0v) is 34.6. The van der Waals surface area contributed by atoms with E-state index < -0.39 is 5.41 Å². The first-order chi connectivity index (χ1) is 30.8. The van der Waals surface area contributed by atoms with E-state index in [4.69, 9.17) is 0 Å². The van der Waals surface area contributed by atoms with E-state index in [0.717, 1.165) is 24.2 Å². The standard InChI is InChI=1S/C61H45N/c1-4-22-45(23-5-1)61(46-24-6-2-7-25-46)58-34-17-16-32-54(58)56-40-57(52-33-18-21-42-19-10-12-28-49(42)52)60(41-59(56)61)62(47-26-8-3-9-27-47)48-37-35-43(36-38-48)55-39-44-20-11-13-29-50(44)51-30-14-15-31-53(51)55/h1-9,11,13-18,20-27,29-41H,10,12,19,28H2. The molecule has 294 valence electrons. The maximum absolute atomic E-state index is 2.56. The molecule has 0 N–H and O–H groups in total. The van der Waals surface area contributed by atoms with Crippen LogP contribution in [0.5, 0.6) is 0 Å². The van der Waals surface area contributed by atoms with Crippen molar-refractivity contribution in [1.82, 2.24) is 0 Å². The Bertz CT molecular complexity index is 3230. The Balaban J connectivity index is 1.14. The second-order valence-electron chi connectivity index (χ2n) is 17.0. The van der Waals surface area contributed by atoms with E-state index in [1.165, 1.54) is 107 Å². The summed E-state index contributed by atoms with van der Waals surface area (Å²) in [5.74, 6) is 0. The molecule has 1 heteroatoms. The highest BCUT2D eigenvalue weighted by Crippen LogP contribution is 2.59. The van der Waals surface area contributed by atoms with Crippen molar-refractivity contribution < 1.29 is 0 Å². The van der Waals surface area contributed by atoms with Gasteiger partial charge in [-0.2, -0.15) is 0 Å². The van der Waals surface area contributed by atoms with Crippen LogP contribution in [0, 0.1) is 0 Å². The summed E-state index contributed by atoms with van der Waals surface area (Å²) >= 11 is 0. The predicted molar refractivity (Wildman–Crippen MR) is 261 cm³/mol. The lowest BCUT2D eigenvalue weighted by molar-refractivity contribution is 0.687. The molecular formula is C61H45N. The molecule has 2 aliphatic carbocycles.